The molecule has 2 aromatic heterocycles. The summed E-state index contributed by atoms with van der Waals surface area (Å²) in [5.41, 5.74) is 2.01. The van der Waals surface area contributed by atoms with Crippen molar-refractivity contribution in [2.24, 2.45) is 7.05 Å². The summed E-state index contributed by atoms with van der Waals surface area (Å²) in [5.74, 6) is 1.02. The molecule has 0 saturated carbocycles. The van der Waals surface area contributed by atoms with Gasteiger partial charge in [0.15, 0.2) is 0 Å². The van der Waals surface area contributed by atoms with Crippen LogP contribution in [0.1, 0.15) is 6.92 Å². The second kappa shape index (κ2) is 4.00. The molecule has 3 rings (SSSR count). The van der Waals surface area contributed by atoms with Crippen molar-refractivity contribution < 1.29 is 4.74 Å². The first-order valence-electron chi connectivity index (χ1n) is 5.89. The van der Waals surface area contributed by atoms with Gasteiger partial charge in [0.1, 0.15) is 11.3 Å². The van der Waals surface area contributed by atoms with Gasteiger partial charge in [0.05, 0.1) is 31.0 Å². The zero-order valence-electron chi connectivity index (χ0n) is 10.1. The smallest absolute Gasteiger partial charge is 0.129 e. The lowest BCUT2D eigenvalue weighted by molar-refractivity contribution is 0.0986. The van der Waals surface area contributed by atoms with Crippen LogP contribution in [0.2, 0.25) is 0 Å². The quantitative estimate of drug-likeness (QED) is 0.741. The Morgan fingerprint density at radius 3 is 3.12 bits per heavy atom. The molecule has 0 N–H and O–H groups in total. The number of hydrogen-bond donors (Lipinski definition) is 0. The first-order valence-corrected chi connectivity index (χ1v) is 5.89. The van der Waals surface area contributed by atoms with Crippen molar-refractivity contribution in [1.29, 1.82) is 0 Å². The summed E-state index contributed by atoms with van der Waals surface area (Å²) in [6, 6.07) is 4.52. The highest BCUT2D eigenvalue weighted by Gasteiger charge is 2.20. The Morgan fingerprint density at radius 2 is 2.29 bits per heavy atom. The van der Waals surface area contributed by atoms with E-state index in [1.165, 1.54) is 0 Å². The molecule has 0 bridgehead atoms. The zero-order valence-corrected chi connectivity index (χ0v) is 10.1. The third-order valence-corrected chi connectivity index (χ3v) is 3.25. The van der Waals surface area contributed by atoms with Gasteiger partial charge in [0.25, 0.3) is 0 Å². The predicted octanol–water partition coefficient (Wildman–Crippen LogP) is 1.19. The molecule has 0 radical (unpaired) electrons. The molecule has 3 heterocycles. The third kappa shape index (κ3) is 1.76. The van der Waals surface area contributed by atoms with Gasteiger partial charge in [-0.2, -0.15) is 5.10 Å². The number of aromatic nitrogens is 3. The van der Waals surface area contributed by atoms with Gasteiger partial charge in [0, 0.05) is 13.6 Å². The molecule has 0 amide bonds. The average molecular weight is 232 g/mol. The van der Waals surface area contributed by atoms with Gasteiger partial charge in [-0.15, -0.1) is 0 Å². The highest BCUT2D eigenvalue weighted by Crippen LogP contribution is 2.20. The molecule has 0 aromatic carbocycles. The number of rotatable bonds is 1. The van der Waals surface area contributed by atoms with Gasteiger partial charge in [0.2, 0.25) is 0 Å². The molecule has 1 fully saturated rings. The van der Waals surface area contributed by atoms with Crippen molar-refractivity contribution >= 4 is 16.9 Å². The van der Waals surface area contributed by atoms with Crippen molar-refractivity contribution in [3.8, 4) is 0 Å². The number of ether oxygens (including phenoxy) is 1. The van der Waals surface area contributed by atoms with Crippen molar-refractivity contribution in [3.05, 3.63) is 18.3 Å². The molecule has 0 spiro atoms. The lowest BCUT2D eigenvalue weighted by Crippen LogP contribution is -2.44. The maximum atomic E-state index is 5.44. The average Bonchev–Trinajstić information content (AvgIpc) is 2.71. The topological polar surface area (TPSA) is 43.2 Å². The van der Waals surface area contributed by atoms with E-state index in [2.05, 4.69) is 34.0 Å². The second-order valence-electron chi connectivity index (χ2n) is 4.46. The molecule has 1 aliphatic rings. The van der Waals surface area contributed by atoms with E-state index in [0.29, 0.717) is 6.04 Å². The highest BCUT2D eigenvalue weighted by molar-refractivity contribution is 5.76. The molecule has 5 nitrogen and oxygen atoms in total. The number of pyridine rings is 1. The van der Waals surface area contributed by atoms with Gasteiger partial charge in [-0.1, -0.05) is 0 Å². The van der Waals surface area contributed by atoms with Crippen LogP contribution in [0.15, 0.2) is 18.3 Å². The van der Waals surface area contributed by atoms with Gasteiger partial charge < -0.3 is 9.64 Å². The van der Waals surface area contributed by atoms with E-state index in [-0.39, 0.29) is 0 Å². The maximum Gasteiger partial charge on any atom is 0.129 e. The normalized spacial score (nSPS) is 21.1. The first-order chi connectivity index (χ1) is 8.25. The van der Waals surface area contributed by atoms with Gasteiger partial charge in [-0.05, 0) is 19.1 Å². The van der Waals surface area contributed by atoms with Crippen LogP contribution in [-0.4, -0.2) is 40.6 Å². The van der Waals surface area contributed by atoms with Crippen molar-refractivity contribution in [1.82, 2.24) is 14.8 Å². The first kappa shape index (κ1) is 10.5. The number of hydrogen-bond acceptors (Lipinski definition) is 4. The second-order valence-corrected chi connectivity index (χ2v) is 4.46. The van der Waals surface area contributed by atoms with E-state index >= 15 is 0 Å². The summed E-state index contributed by atoms with van der Waals surface area (Å²) >= 11 is 0. The molecule has 1 atom stereocenters. The van der Waals surface area contributed by atoms with Crippen LogP contribution in [0.5, 0.6) is 0 Å². The van der Waals surface area contributed by atoms with Gasteiger partial charge in [-0.3, -0.25) is 4.68 Å². The molecule has 1 unspecified atom stereocenters. The Bertz CT molecular complexity index is 536. The Hall–Kier alpha value is -1.62. The fraction of sp³-hybridized carbons (Fsp3) is 0.500. The number of nitrogens with zero attached hydrogens (tertiary/aromatic N) is 4. The zero-order chi connectivity index (χ0) is 11.8. The summed E-state index contributed by atoms with van der Waals surface area (Å²) in [7, 11) is 1.93. The molecular formula is C12H16N4O. The van der Waals surface area contributed by atoms with Crippen LogP contribution < -0.4 is 4.90 Å². The minimum atomic E-state index is 0.380. The third-order valence-electron chi connectivity index (χ3n) is 3.25. The molecule has 90 valence electrons. The van der Waals surface area contributed by atoms with Crippen LogP contribution in [0.25, 0.3) is 11.0 Å². The van der Waals surface area contributed by atoms with E-state index in [0.717, 1.165) is 36.6 Å². The number of fused-ring (bicyclic) bond motifs is 1. The number of anilines is 1. The van der Waals surface area contributed by atoms with Crippen LogP contribution >= 0.6 is 0 Å². The monoisotopic (exact) mass is 232 g/mol. The summed E-state index contributed by atoms with van der Waals surface area (Å²) in [4.78, 5) is 6.94. The molecule has 1 aliphatic heterocycles. The Labute approximate surface area is 100.0 Å². The highest BCUT2D eigenvalue weighted by atomic mass is 16.5. The molecular weight excluding hydrogens is 216 g/mol. The maximum absolute atomic E-state index is 5.44. The van der Waals surface area contributed by atoms with E-state index in [9.17, 15) is 0 Å². The molecule has 17 heavy (non-hydrogen) atoms. The van der Waals surface area contributed by atoms with Gasteiger partial charge in [-0.25, -0.2) is 4.98 Å². The largest absolute Gasteiger partial charge is 0.377 e. The lowest BCUT2D eigenvalue weighted by Gasteiger charge is -2.34. The lowest BCUT2D eigenvalue weighted by atomic mass is 10.2. The SMILES string of the molecule is CC1COCCN1c1ccc2c(cnn2C)n1. The van der Waals surface area contributed by atoms with Crippen LogP contribution in [-0.2, 0) is 11.8 Å². The number of aryl methyl sites for hydroxylation is 1. The molecule has 1 saturated heterocycles. The Morgan fingerprint density at radius 1 is 1.41 bits per heavy atom. The minimum Gasteiger partial charge on any atom is -0.377 e. The summed E-state index contributed by atoms with van der Waals surface area (Å²) in [6.07, 6.45) is 1.81. The summed E-state index contributed by atoms with van der Waals surface area (Å²) in [6.45, 7) is 4.61. The fourth-order valence-corrected chi connectivity index (χ4v) is 2.26. The van der Waals surface area contributed by atoms with Crippen molar-refractivity contribution in [2.45, 2.75) is 13.0 Å². The van der Waals surface area contributed by atoms with Gasteiger partial charge >= 0.3 is 0 Å². The summed E-state index contributed by atoms with van der Waals surface area (Å²) < 4.78 is 7.28. The van der Waals surface area contributed by atoms with E-state index in [1.54, 1.807) is 0 Å². The predicted molar refractivity (Wildman–Crippen MR) is 66.1 cm³/mol. The molecule has 0 aliphatic carbocycles. The Balaban J connectivity index is 1.99. The van der Waals surface area contributed by atoms with Crippen molar-refractivity contribution in [2.75, 3.05) is 24.7 Å². The van der Waals surface area contributed by atoms with Crippen LogP contribution in [0.4, 0.5) is 5.82 Å². The molecule has 2 aromatic rings. The van der Waals surface area contributed by atoms with E-state index in [1.807, 2.05) is 17.9 Å². The standard InChI is InChI=1S/C12H16N4O/c1-9-8-17-6-5-16(9)12-4-3-11-10(14-12)7-13-15(11)2/h3-4,7,9H,5-6,8H2,1-2H3. The fourth-order valence-electron chi connectivity index (χ4n) is 2.26. The van der Waals surface area contributed by atoms with Crippen LogP contribution in [0.3, 0.4) is 0 Å². The van der Waals surface area contributed by atoms with E-state index in [4.69, 9.17) is 4.74 Å². The Kier molecular flexibility index (Phi) is 2.48. The van der Waals surface area contributed by atoms with E-state index < -0.39 is 0 Å². The number of morpholine rings is 1. The molecule has 5 heteroatoms. The van der Waals surface area contributed by atoms with Crippen molar-refractivity contribution in [3.63, 3.8) is 0 Å². The van der Waals surface area contributed by atoms with Crippen LogP contribution in [0, 0.1) is 0 Å². The minimum absolute atomic E-state index is 0.380. The summed E-state index contributed by atoms with van der Waals surface area (Å²) in [5, 5.41) is 4.21.